The number of oxazole rings is 1. The predicted molar refractivity (Wildman–Crippen MR) is 108 cm³/mol. The van der Waals surface area contributed by atoms with E-state index in [-0.39, 0.29) is 29.4 Å². The van der Waals surface area contributed by atoms with Crippen LogP contribution < -0.4 is 10.6 Å². The number of ether oxygens (including phenoxy) is 1. The van der Waals surface area contributed by atoms with Crippen molar-refractivity contribution in [3.05, 3.63) is 57.7 Å². The van der Waals surface area contributed by atoms with Gasteiger partial charge in [0.05, 0.1) is 23.8 Å². The molecule has 0 bridgehead atoms. The Balaban J connectivity index is 2.12. The molecule has 11 nitrogen and oxygen atoms in total. The van der Waals surface area contributed by atoms with Gasteiger partial charge in [-0.3, -0.25) is 20.0 Å². The molecule has 1 amide bonds. The van der Waals surface area contributed by atoms with Crippen LogP contribution in [0, 0.1) is 17.0 Å². The van der Waals surface area contributed by atoms with Gasteiger partial charge in [-0.25, -0.2) is 14.8 Å². The largest absolute Gasteiger partial charge is 0.449 e. The fraction of sp³-hybridized carbons (Fsp3) is 0.263. The van der Waals surface area contributed by atoms with E-state index in [0.717, 1.165) is 29.3 Å². The van der Waals surface area contributed by atoms with Gasteiger partial charge in [0.15, 0.2) is 0 Å². The lowest BCUT2D eigenvalue weighted by atomic mass is 10.2. The molecular formula is C19H17F3N6O5. The summed E-state index contributed by atoms with van der Waals surface area (Å²) in [5, 5.41) is 11.7. The number of aryl methyl sites for hydroxylation is 1. The Kier molecular flexibility index (Phi) is 6.46. The lowest BCUT2D eigenvalue weighted by Gasteiger charge is -2.22. The highest BCUT2D eigenvalue weighted by molar-refractivity contribution is 5.93. The van der Waals surface area contributed by atoms with Crippen molar-refractivity contribution in [1.82, 2.24) is 15.0 Å². The number of aromatic nitrogens is 3. The molecule has 3 aromatic rings. The van der Waals surface area contributed by atoms with Crippen molar-refractivity contribution < 1.29 is 32.0 Å². The van der Waals surface area contributed by atoms with E-state index >= 15 is 0 Å². The Morgan fingerprint density at radius 2 is 2.06 bits per heavy atom. The summed E-state index contributed by atoms with van der Waals surface area (Å²) in [4.78, 5) is 35.8. The van der Waals surface area contributed by atoms with E-state index in [2.05, 4.69) is 15.0 Å². The summed E-state index contributed by atoms with van der Waals surface area (Å²) in [6, 6.07) is 2.99. The summed E-state index contributed by atoms with van der Waals surface area (Å²) in [6.07, 6.45) is -3.42. The summed E-state index contributed by atoms with van der Waals surface area (Å²) >= 11 is 0. The number of nitrogens with two attached hydrogens (primary N) is 1. The van der Waals surface area contributed by atoms with Crippen LogP contribution in [0.1, 0.15) is 23.9 Å². The van der Waals surface area contributed by atoms with E-state index in [4.69, 9.17) is 14.9 Å². The number of hydrogen-bond donors (Lipinski definition) is 1. The Morgan fingerprint density at radius 1 is 1.33 bits per heavy atom. The second kappa shape index (κ2) is 9.10. The van der Waals surface area contributed by atoms with Gasteiger partial charge in [0.25, 0.3) is 0 Å². The maximum Gasteiger partial charge on any atom is 0.433 e. The average molecular weight is 466 g/mol. The van der Waals surface area contributed by atoms with Crippen molar-refractivity contribution in [2.45, 2.75) is 26.6 Å². The number of anilines is 2. The normalized spacial score (nSPS) is 11.3. The molecule has 0 fully saturated rings. The SMILES string of the molecule is CCOC(=O)N(Cc1ccc(C(F)(F)F)nc1)c1cc(-c2nc(C)co2)nc(N)c1[N+](=O)[O-]. The number of halogens is 3. The highest BCUT2D eigenvalue weighted by Crippen LogP contribution is 2.37. The Bertz CT molecular complexity index is 1180. The van der Waals surface area contributed by atoms with Gasteiger partial charge >= 0.3 is 18.0 Å². The minimum Gasteiger partial charge on any atom is -0.449 e. The van der Waals surface area contributed by atoms with Gasteiger partial charge < -0.3 is 14.9 Å². The quantitative estimate of drug-likeness (QED) is 0.418. The Labute approximate surface area is 184 Å². The number of nitrogen functional groups attached to an aromatic ring is 1. The monoisotopic (exact) mass is 466 g/mol. The van der Waals surface area contributed by atoms with E-state index in [0.29, 0.717) is 5.69 Å². The molecule has 3 heterocycles. The average Bonchev–Trinajstić information content (AvgIpc) is 3.17. The Morgan fingerprint density at radius 3 is 2.58 bits per heavy atom. The number of rotatable bonds is 6. The molecule has 0 saturated carbocycles. The molecule has 0 aliphatic carbocycles. The molecule has 14 heteroatoms. The van der Waals surface area contributed by atoms with Crippen LogP contribution in [0.4, 0.5) is 35.2 Å². The molecular weight excluding hydrogens is 449 g/mol. The molecule has 0 atom stereocenters. The molecule has 174 valence electrons. The molecule has 0 aromatic carbocycles. The van der Waals surface area contributed by atoms with Gasteiger partial charge in [-0.1, -0.05) is 6.07 Å². The standard InChI is InChI=1S/C19H17F3N6O5/c1-3-32-18(29)27(8-11-4-5-14(24-7-11)19(20,21)22)13-6-12(17-25-10(2)9-33-17)26-16(23)15(13)28(30)31/h4-7,9H,3,8H2,1-2H3,(H2,23,26). The first-order chi connectivity index (χ1) is 15.5. The fourth-order valence-electron chi connectivity index (χ4n) is 2.84. The number of carbonyl (C=O) groups excluding carboxylic acids is 1. The van der Waals surface area contributed by atoms with Crippen molar-refractivity contribution >= 4 is 23.3 Å². The predicted octanol–water partition coefficient (Wildman–Crippen LogP) is 4.11. The van der Waals surface area contributed by atoms with Crippen LogP contribution in [0.25, 0.3) is 11.6 Å². The smallest absolute Gasteiger partial charge is 0.433 e. The molecule has 0 unspecified atom stereocenters. The van der Waals surface area contributed by atoms with Gasteiger partial charge in [-0.2, -0.15) is 13.2 Å². The summed E-state index contributed by atoms with van der Waals surface area (Å²) in [5.74, 6) is -0.529. The highest BCUT2D eigenvalue weighted by atomic mass is 19.4. The third kappa shape index (κ3) is 5.16. The van der Waals surface area contributed by atoms with Crippen LogP contribution in [0.2, 0.25) is 0 Å². The van der Waals surface area contributed by atoms with Crippen LogP contribution in [0.5, 0.6) is 0 Å². The highest BCUT2D eigenvalue weighted by Gasteiger charge is 2.33. The third-order valence-corrected chi connectivity index (χ3v) is 4.26. The van der Waals surface area contributed by atoms with E-state index in [1.807, 2.05) is 0 Å². The lowest BCUT2D eigenvalue weighted by molar-refractivity contribution is -0.383. The van der Waals surface area contributed by atoms with E-state index < -0.39 is 40.9 Å². The zero-order valence-electron chi connectivity index (χ0n) is 17.3. The van der Waals surface area contributed by atoms with Crippen LogP contribution in [-0.4, -0.2) is 32.6 Å². The fourth-order valence-corrected chi connectivity index (χ4v) is 2.84. The summed E-state index contributed by atoms with van der Waals surface area (Å²) in [6.45, 7) is 2.69. The maximum atomic E-state index is 12.8. The van der Waals surface area contributed by atoms with Gasteiger partial charge in [-0.15, -0.1) is 0 Å². The number of nitrogens with zero attached hydrogens (tertiary/aromatic N) is 5. The van der Waals surface area contributed by atoms with E-state index in [1.54, 1.807) is 6.92 Å². The van der Waals surface area contributed by atoms with Crippen LogP contribution in [0.3, 0.4) is 0 Å². The first-order valence-corrected chi connectivity index (χ1v) is 9.35. The number of pyridine rings is 2. The summed E-state index contributed by atoms with van der Waals surface area (Å²) < 4.78 is 48.7. The van der Waals surface area contributed by atoms with Crippen LogP contribution in [0.15, 0.2) is 35.1 Å². The molecule has 33 heavy (non-hydrogen) atoms. The first kappa shape index (κ1) is 23.4. The lowest BCUT2D eigenvalue weighted by Crippen LogP contribution is -2.32. The second-order valence-corrected chi connectivity index (χ2v) is 6.65. The van der Waals surface area contributed by atoms with Crippen LogP contribution >= 0.6 is 0 Å². The minimum atomic E-state index is -4.65. The molecule has 0 spiro atoms. The zero-order valence-corrected chi connectivity index (χ0v) is 17.3. The van der Waals surface area contributed by atoms with Crippen molar-refractivity contribution in [3.63, 3.8) is 0 Å². The second-order valence-electron chi connectivity index (χ2n) is 6.65. The number of amides is 1. The van der Waals surface area contributed by atoms with Gasteiger partial charge in [0.1, 0.15) is 23.3 Å². The molecule has 0 aliphatic rings. The number of nitro groups is 1. The molecule has 0 radical (unpaired) electrons. The third-order valence-electron chi connectivity index (χ3n) is 4.26. The number of hydrogen-bond acceptors (Lipinski definition) is 9. The van der Waals surface area contributed by atoms with E-state index in [1.165, 1.54) is 13.2 Å². The maximum absolute atomic E-state index is 12.8. The molecule has 0 aliphatic heterocycles. The number of carbonyl (C=O) groups is 1. The van der Waals surface area contributed by atoms with Crippen molar-refractivity contribution in [2.24, 2.45) is 0 Å². The minimum absolute atomic E-state index is 0.000966. The van der Waals surface area contributed by atoms with Crippen molar-refractivity contribution in [3.8, 4) is 11.6 Å². The topological polar surface area (TPSA) is 151 Å². The number of alkyl halides is 3. The summed E-state index contributed by atoms with van der Waals surface area (Å²) in [7, 11) is 0. The van der Waals surface area contributed by atoms with Gasteiger partial charge in [0.2, 0.25) is 11.7 Å². The van der Waals surface area contributed by atoms with Gasteiger partial charge in [-0.05, 0) is 25.5 Å². The first-order valence-electron chi connectivity index (χ1n) is 9.35. The van der Waals surface area contributed by atoms with Crippen molar-refractivity contribution in [2.75, 3.05) is 17.2 Å². The molecule has 0 saturated heterocycles. The molecule has 3 aromatic heterocycles. The summed E-state index contributed by atoms with van der Waals surface area (Å²) in [5.41, 5.74) is 4.32. The molecule has 3 rings (SSSR count). The zero-order chi connectivity index (χ0) is 24.3. The van der Waals surface area contributed by atoms with Crippen molar-refractivity contribution in [1.29, 1.82) is 0 Å². The Hall–Kier alpha value is -4.23. The van der Waals surface area contributed by atoms with Gasteiger partial charge in [0, 0.05) is 12.3 Å². The molecule has 2 N–H and O–H groups in total. The van der Waals surface area contributed by atoms with Crippen LogP contribution in [-0.2, 0) is 17.5 Å². The van der Waals surface area contributed by atoms with E-state index in [9.17, 15) is 28.1 Å².